The normalized spacial score (nSPS) is 17.4. The highest BCUT2D eigenvalue weighted by Gasteiger charge is 2.39. The Kier molecular flexibility index (Phi) is 8.60. The van der Waals surface area contributed by atoms with E-state index in [0.717, 1.165) is 22.4 Å². The molecular weight excluding hydrogens is 524 g/mol. The molecule has 1 aliphatic rings. The first-order chi connectivity index (χ1) is 19.4. The number of esters is 1. The lowest BCUT2D eigenvalue weighted by atomic mass is 10.1. The van der Waals surface area contributed by atoms with Gasteiger partial charge in [0.2, 0.25) is 10.0 Å². The van der Waals surface area contributed by atoms with Gasteiger partial charge in [-0.1, -0.05) is 72.8 Å². The predicted octanol–water partition coefficient (Wildman–Crippen LogP) is 5.63. The van der Waals surface area contributed by atoms with Crippen LogP contribution in [0.5, 0.6) is 11.5 Å². The zero-order valence-electron chi connectivity index (χ0n) is 22.3. The summed E-state index contributed by atoms with van der Waals surface area (Å²) in [5.74, 6) is 1.12. The number of carbonyl (C=O) groups excluding carboxylic acids is 1. The Balaban J connectivity index is 1.26. The molecule has 1 heterocycles. The molecule has 0 aliphatic carbocycles. The van der Waals surface area contributed by atoms with E-state index in [9.17, 15) is 13.2 Å². The van der Waals surface area contributed by atoms with E-state index in [1.165, 1.54) is 0 Å². The number of para-hydroxylation sites is 1. The Morgan fingerprint density at radius 1 is 0.825 bits per heavy atom. The third kappa shape index (κ3) is 6.77. The number of nitrogens with one attached hydrogen (secondary N) is 1. The summed E-state index contributed by atoms with van der Waals surface area (Å²) in [5, 5.41) is 0. The summed E-state index contributed by atoms with van der Waals surface area (Å²) in [4.78, 5) is 15.0. The Hall–Kier alpha value is -3.98. The third-order valence-corrected chi connectivity index (χ3v) is 8.38. The summed E-state index contributed by atoms with van der Waals surface area (Å²) in [5.41, 5.74) is 2.94. The van der Waals surface area contributed by atoms with Crippen molar-refractivity contribution >= 4 is 16.0 Å². The topological polar surface area (TPSA) is 84.9 Å². The van der Waals surface area contributed by atoms with Gasteiger partial charge in [-0.2, -0.15) is 0 Å². The van der Waals surface area contributed by atoms with Crippen molar-refractivity contribution in [3.63, 3.8) is 0 Å². The second-order valence-corrected chi connectivity index (χ2v) is 11.4. The largest absolute Gasteiger partial charge is 0.465 e. The molecule has 2 atom stereocenters. The number of likely N-dealkylation sites (tertiary alicyclic amines) is 1. The van der Waals surface area contributed by atoms with Gasteiger partial charge >= 0.3 is 5.97 Å². The Morgan fingerprint density at radius 3 is 2.08 bits per heavy atom. The molecule has 0 aromatic heterocycles. The summed E-state index contributed by atoms with van der Waals surface area (Å²) in [6, 6.07) is 32.8. The molecule has 8 heteroatoms. The molecule has 0 spiro atoms. The molecule has 0 radical (unpaired) electrons. The molecule has 206 valence electrons. The zero-order valence-corrected chi connectivity index (χ0v) is 23.1. The van der Waals surface area contributed by atoms with Crippen molar-refractivity contribution in [3.05, 3.63) is 115 Å². The van der Waals surface area contributed by atoms with Gasteiger partial charge < -0.3 is 9.47 Å². The van der Waals surface area contributed by atoms with E-state index in [4.69, 9.17) is 9.47 Å². The predicted molar refractivity (Wildman–Crippen MR) is 154 cm³/mol. The van der Waals surface area contributed by atoms with Crippen molar-refractivity contribution in [1.82, 2.24) is 9.62 Å². The fourth-order valence-corrected chi connectivity index (χ4v) is 6.15. The second-order valence-electron chi connectivity index (χ2n) is 9.70. The van der Waals surface area contributed by atoms with Gasteiger partial charge in [0.1, 0.15) is 17.5 Å². The first-order valence-electron chi connectivity index (χ1n) is 13.3. The van der Waals surface area contributed by atoms with E-state index in [-0.39, 0.29) is 17.5 Å². The summed E-state index contributed by atoms with van der Waals surface area (Å²) in [7, 11) is -3.78. The summed E-state index contributed by atoms with van der Waals surface area (Å²) in [6.07, 6.45) is 0.329. The SMILES string of the molecule is CCOC(=O)[C@@H]1C[C@H](NS(=O)(=O)c2ccc(-c3ccccc3)cc2)CN1Cc1ccc(Oc2ccccc2)cc1. The molecule has 0 amide bonds. The number of rotatable bonds is 10. The molecule has 0 unspecified atom stereocenters. The molecule has 0 bridgehead atoms. The van der Waals surface area contributed by atoms with Gasteiger partial charge in [-0.25, -0.2) is 13.1 Å². The van der Waals surface area contributed by atoms with Gasteiger partial charge in [0, 0.05) is 19.1 Å². The van der Waals surface area contributed by atoms with Crippen LogP contribution in [0.3, 0.4) is 0 Å². The maximum Gasteiger partial charge on any atom is 0.323 e. The number of ether oxygens (including phenoxy) is 2. The van der Waals surface area contributed by atoms with Crippen LogP contribution in [0, 0.1) is 0 Å². The zero-order chi connectivity index (χ0) is 28.0. The van der Waals surface area contributed by atoms with Crippen LogP contribution in [0.4, 0.5) is 0 Å². The first-order valence-corrected chi connectivity index (χ1v) is 14.8. The van der Waals surface area contributed by atoms with Crippen LogP contribution in [0.15, 0.2) is 114 Å². The van der Waals surface area contributed by atoms with Gasteiger partial charge in [0.05, 0.1) is 11.5 Å². The fourth-order valence-electron chi connectivity index (χ4n) is 4.91. The van der Waals surface area contributed by atoms with Crippen molar-refractivity contribution in [2.24, 2.45) is 0 Å². The van der Waals surface area contributed by atoms with Gasteiger partial charge in [0.25, 0.3) is 0 Å². The molecule has 4 aromatic rings. The molecule has 7 nitrogen and oxygen atoms in total. The minimum absolute atomic E-state index is 0.187. The molecule has 40 heavy (non-hydrogen) atoms. The Bertz CT molecular complexity index is 1510. The van der Waals surface area contributed by atoms with Crippen LogP contribution >= 0.6 is 0 Å². The van der Waals surface area contributed by atoms with Crippen LogP contribution in [0.1, 0.15) is 18.9 Å². The monoisotopic (exact) mass is 556 g/mol. The lowest BCUT2D eigenvalue weighted by Crippen LogP contribution is -2.37. The number of nitrogens with zero attached hydrogens (tertiary/aromatic N) is 1. The molecule has 5 rings (SSSR count). The summed E-state index contributed by atoms with van der Waals surface area (Å²) < 4.78 is 40.5. The van der Waals surface area contributed by atoms with Gasteiger partial charge in [0.15, 0.2) is 0 Å². The highest BCUT2D eigenvalue weighted by atomic mass is 32.2. The summed E-state index contributed by atoms with van der Waals surface area (Å²) >= 11 is 0. The van der Waals surface area contributed by atoms with Gasteiger partial charge in [-0.3, -0.25) is 9.69 Å². The Labute approximate surface area is 235 Å². The quantitative estimate of drug-likeness (QED) is 0.255. The number of hydrogen-bond donors (Lipinski definition) is 1. The molecule has 1 saturated heterocycles. The lowest BCUT2D eigenvalue weighted by molar-refractivity contribution is -0.148. The highest BCUT2D eigenvalue weighted by molar-refractivity contribution is 7.89. The van der Waals surface area contributed by atoms with E-state index in [1.807, 2.05) is 89.8 Å². The average molecular weight is 557 g/mol. The molecular formula is C32H32N2O5S. The van der Waals surface area contributed by atoms with Gasteiger partial charge in [-0.05, 0) is 66.4 Å². The van der Waals surface area contributed by atoms with Crippen LogP contribution in [-0.2, 0) is 26.1 Å². The maximum atomic E-state index is 13.2. The minimum atomic E-state index is -3.78. The first kappa shape index (κ1) is 27.6. The van der Waals surface area contributed by atoms with Crippen molar-refractivity contribution in [3.8, 4) is 22.6 Å². The molecule has 1 N–H and O–H groups in total. The summed E-state index contributed by atoms with van der Waals surface area (Å²) in [6.45, 7) is 2.88. The lowest BCUT2D eigenvalue weighted by Gasteiger charge is -2.22. The van der Waals surface area contributed by atoms with Gasteiger partial charge in [-0.15, -0.1) is 0 Å². The smallest absolute Gasteiger partial charge is 0.323 e. The number of carbonyl (C=O) groups is 1. The molecule has 4 aromatic carbocycles. The standard InChI is InChI=1S/C32H32N2O5S/c1-2-38-32(35)31-21-27(33-40(36,37)30-19-15-26(16-20-30)25-9-5-3-6-10-25)23-34(31)22-24-13-17-29(18-14-24)39-28-11-7-4-8-12-28/h3-20,27,31,33H,2,21-23H2,1H3/t27-,31-/m0/s1. The number of hydrogen-bond acceptors (Lipinski definition) is 6. The molecule has 1 aliphatic heterocycles. The molecule has 1 fully saturated rings. The van der Waals surface area contributed by atoms with Crippen molar-refractivity contribution in [2.75, 3.05) is 13.2 Å². The maximum absolute atomic E-state index is 13.2. The second kappa shape index (κ2) is 12.5. The van der Waals surface area contributed by atoms with E-state index >= 15 is 0 Å². The highest BCUT2D eigenvalue weighted by Crippen LogP contribution is 2.27. The van der Waals surface area contributed by atoms with Crippen LogP contribution < -0.4 is 9.46 Å². The van der Waals surface area contributed by atoms with E-state index in [2.05, 4.69) is 4.72 Å². The van der Waals surface area contributed by atoms with Crippen LogP contribution in [-0.4, -0.2) is 44.5 Å². The third-order valence-electron chi connectivity index (χ3n) is 6.84. The van der Waals surface area contributed by atoms with Crippen LogP contribution in [0.2, 0.25) is 0 Å². The average Bonchev–Trinajstić information content (AvgIpc) is 3.36. The Morgan fingerprint density at radius 2 is 1.43 bits per heavy atom. The number of sulfonamides is 1. The fraction of sp³-hybridized carbons (Fsp3) is 0.219. The number of benzene rings is 4. The van der Waals surface area contributed by atoms with E-state index in [0.29, 0.717) is 25.3 Å². The van der Waals surface area contributed by atoms with E-state index in [1.54, 1.807) is 31.2 Å². The van der Waals surface area contributed by atoms with Crippen molar-refractivity contribution in [2.45, 2.75) is 36.9 Å². The van der Waals surface area contributed by atoms with Crippen molar-refractivity contribution in [1.29, 1.82) is 0 Å². The van der Waals surface area contributed by atoms with E-state index < -0.39 is 22.1 Å². The van der Waals surface area contributed by atoms with Crippen LogP contribution in [0.25, 0.3) is 11.1 Å². The van der Waals surface area contributed by atoms with Crippen molar-refractivity contribution < 1.29 is 22.7 Å². The molecule has 0 saturated carbocycles. The minimum Gasteiger partial charge on any atom is -0.465 e.